The van der Waals surface area contributed by atoms with E-state index in [0.717, 1.165) is 17.1 Å². The van der Waals surface area contributed by atoms with Crippen molar-refractivity contribution in [1.29, 1.82) is 0 Å². The van der Waals surface area contributed by atoms with Gasteiger partial charge in [0, 0.05) is 18.0 Å². The molecule has 1 heterocycles. The number of nitrogens with zero attached hydrogens (tertiary/aromatic N) is 2. The van der Waals surface area contributed by atoms with Crippen molar-refractivity contribution in [2.45, 2.75) is 38.0 Å². The molecule has 1 aliphatic carbocycles. The van der Waals surface area contributed by atoms with Gasteiger partial charge in [0.05, 0.1) is 10.0 Å². The summed E-state index contributed by atoms with van der Waals surface area (Å²) in [6.45, 7) is 0. The summed E-state index contributed by atoms with van der Waals surface area (Å²) in [5, 5.41) is 1.62. The minimum Gasteiger partial charge on any atom is -0.237 e. The van der Waals surface area contributed by atoms with Crippen LogP contribution in [0.15, 0.2) is 24.3 Å². The summed E-state index contributed by atoms with van der Waals surface area (Å²) < 4.78 is 0. The van der Waals surface area contributed by atoms with E-state index in [-0.39, 0.29) is 0 Å². The van der Waals surface area contributed by atoms with Crippen molar-refractivity contribution in [1.82, 2.24) is 9.97 Å². The van der Waals surface area contributed by atoms with Crippen molar-refractivity contribution in [2.24, 2.45) is 0 Å². The maximum absolute atomic E-state index is 6.15. The number of hydrogen-bond acceptors (Lipinski definition) is 2. The molecule has 2 nitrogen and oxygen atoms in total. The number of hydrogen-bond donors (Lipinski definition) is 0. The van der Waals surface area contributed by atoms with Crippen molar-refractivity contribution in [3.8, 4) is 0 Å². The summed E-state index contributed by atoms with van der Waals surface area (Å²) in [5.74, 6) is 1.26. The summed E-state index contributed by atoms with van der Waals surface area (Å²) in [6, 6.07) is 7.48. The Kier molecular flexibility index (Phi) is 4.68. The first-order chi connectivity index (χ1) is 10.1. The molecule has 3 rings (SSSR count). The largest absolute Gasteiger partial charge is 0.237 e. The molecule has 0 bridgehead atoms. The fourth-order valence-electron chi connectivity index (χ4n) is 2.83. The van der Waals surface area contributed by atoms with Crippen LogP contribution >= 0.6 is 34.8 Å². The predicted molar refractivity (Wildman–Crippen MR) is 87.5 cm³/mol. The zero-order chi connectivity index (χ0) is 14.8. The van der Waals surface area contributed by atoms with E-state index in [1.807, 2.05) is 18.2 Å². The number of halogens is 3. The second kappa shape index (κ2) is 6.51. The number of rotatable bonds is 3. The Bertz CT molecular complexity index is 652. The summed E-state index contributed by atoms with van der Waals surface area (Å²) >= 11 is 18.1. The van der Waals surface area contributed by atoms with Gasteiger partial charge < -0.3 is 0 Å². The lowest BCUT2D eigenvalue weighted by atomic mass is 10.0. The highest BCUT2D eigenvalue weighted by Crippen LogP contribution is 2.34. The average molecular weight is 342 g/mol. The molecular weight excluding hydrogens is 327 g/mol. The molecule has 0 saturated heterocycles. The molecule has 0 radical (unpaired) electrons. The summed E-state index contributed by atoms with van der Waals surface area (Å²) in [5.41, 5.74) is 2.10. The molecule has 1 saturated carbocycles. The fourth-order valence-corrected chi connectivity index (χ4v) is 3.36. The van der Waals surface area contributed by atoms with Crippen LogP contribution in [-0.2, 0) is 6.42 Å². The van der Waals surface area contributed by atoms with Crippen LogP contribution in [-0.4, -0.2) is 9.97 Å². The van der Waals surface area contributed by atoms with E-state index in [9.17, 15) is 0 Å². The molecular formula is C16H15Cl3N2. The lowest BCUT2D eigenvalue weighted by Crippen LogP contribution is -2.04. The minimum absolute atomic E-state index is 0.516. The maximum atomic E-state index is 6.15. The molecule has 0 aliphatic heterocycles. The molecule has 1 aromatic heterocycles. The Hall–Kier alpha value is -0.830. The van der Waals surface area contributed by atoms with Gasteiger partial charge in [-0.2, -0.15) is 0 Å². The van der Waals surface area contributed by atoms with Gasteiger partial charge in [-0.25, -0.2) is 9.97 Å². The van der Waals surface area contributed by atoms with Gasteiger partial charge in [0.15, 0.2) is 0 Å². The highest BCUT2D eigenvalue weighted by molar-refractivity contribution is 6.42. The molecule has 0 atom stereocenters. The van der Waals surface area contributed by atoms with Crippen molar-refractivity contribution in [3.05, 3.63) is 56.5 Å². The van der Waals surface area contributed by atoms with Crippen LogP contribution in [0.3, 0.4) is 0 Å². The first-order valence-corrected chi connectivity index (χ1v) is 8.22. The van der Waals surface area contributed by atoms with Crippen LogP contribution in [0.1, 0.15) is 48.7 Å². The summed E-state index contributed by atoms with van der Waals surface area (Å²) in [7, 11) is 0. The zero-order valence-electron chi connectivity index (χ0n) is 11.5. The van der Waals surface area contributed by atoms with E-state index in [1.54, 1.807) is 6.07 Å². The van der Waals surface area contributed by atoms with E-state index in [2.05, 4.69) is 4.98 Å². The molecule has 1 fully saturated rings. The molecule has 0 N–H and O–H groups in total. The first kappa shape index (κ1) is 15.1. The SMILES string of the molecule is Clc1cc(C2CCCC2)nc(Cc2ccc(Cl)c(Cl)c2)n1. The highest BCUT2D eigenvalue weighted by atomic mass is 35.5. The van der Waals surface area contributed by atoms with Crippen LogP contribution in [0.25, 0.3) is 0 Å². The van der Waals surface area contributed by atoms with Gasteiger partial charge in [-0.05, 0) is 36.6 Å². The van der Waals surface area contributed by atoms with Crippen LogP contribution in [0.4, 0.5) is 0 Å². The lowest BCUT2D eigenvalue weighted by molar-refractivity contribution is 0.686. The van der Waals surface area contributed by atoms with Crippen molar-refractivity contribution < 1.29 is 0 Å². The van der Waals surface area contributed by atoms with Gasteiger partial charge in [-0.3, -0.25) is 0 Å². The highest BCUT2D eigenvalue weighted by Gasteiger charge is 2.19. The molecule has 0 spiro atoms. The first-order valence-electron chi connectivity index (χ1n) is 7.09. The van der Waals surface area contributed by atoms with Crippen LogP contribution in [0, 0.1) is 0 Å². The van der Waals surface area contributed by atoms with E-state index in [1.165, 1.54) is 25.7 Å². The minimum atomic E-state index is 0.516. The second-order valence-electron chi connectivity index (χ2n) is 5.44. The molecule has 1 aromatic carbocycles. The Labute approximate surface area is 139 Å². The summed E-state index contributed by atoms with van der Waals surface area (Å²) in [6.07, 6.45) is 5.54. The Balaban J connectivity index is 1.85. The van der Waals surface area contributed by atoms with E-state index < -0.39 is 0 Å². The fraction of sp³-hybridized carbons (Fsp3) is 0.375. The topological polar surface area (TPSA) is 25.8 Å². The Morgan fingerprint density at radius 3 is 2.43 bits per heavy atom. The molecule has 5 heteroatoms. The maximum Gasteiger partial charge on any atom is 0.134 e. The van der Waals surface area contributed by atoms with E-state index in [4.69, 9.17) is 39.8 Å². The standard InChI is InChI=1S/C16H15Cl3N2/c17-12-6-5-10(7-13(12)18)8-16-20-14(9-15(19)21-16)11-3-1-2-4-11/h5-7,9,11H,1-4,8H2. The van der Waals surface area contributed by atoms with Gasteiger partial charge in [0.25, 0.3) is 0 Å². The normalized spacial score (nSPS) is 15.6. The Morgan fingerprint density at radius 2 is 1.71 bits per heavy atom. The third kappa shape index (κ3) is 3.68. The third-order valence-electron chi connectivity index (χ3n) is 3.88. The quantitative estimate of drug-likeness (QED) is 0.671. The summed E-state index contributed by atoms with van der Waals surface area (Å²) in [4.78, 5) is 9.02. The van der Waals surface area contributed by atoms with E-state index in [0.29, 0.717) is 27.5 Å². The molecule has 1 aliphatic rings. The van der Waals surface area contributed by atoms with Gasteiger partial charge in [0.1, 0.15) is 11.0 Å². The second-order valence-corrected chi connectivity index (χ2v) is 6.64. The van der Waals surface area contributed by atoms with Crippen LogP contribution < -0.4 is 0 Å². The third-order valence-corrected chi connectivity index (χ3v) is 4.81. The number of benzene rings is 1. The smallest absolute Gasteiger partial charge is 0.134 e. The van der Waals surface area contributed by atoms with Crippen molar-refractivity contribution in [2.75, 3.05) is 0 Å². The molecule has 21 heavy (non-hydrogen) atoms. The van der Waals surface area contributed by atoms with Crippen molar-refractivity contribution in [3.63, 3.8) is 0 Å². The van der Waals surface area contributed by atoms with Gasteiger partial charge in [0.2, 0.25) is 0 Å². The average Bonchev–Trinajstić information content (AvgIpc) is 2.96. The monoisotopic (exact) mass is 340 g/mol. The van der Waals surface area contributed by atoms with Crippen molar-refractivity contribution >= 4 is 34.8 Å². The predicted octanol–water partition coefficient (Wildman–Crippen LogP) is 5.69. The Morgan fingerprint density at radius 1 is 0.952 bits per heavy atom. The molecule has 2 aromatic rings. The lowest BCUT2D eigenvalue weighted by Gasteiger charge is -2.11. The molecule has 110 valence electrons. The van der Waals surface area contributed by atoms with Crippen LogP contribution in [0.5, 0.6) is 0 Å². The molecule has 0 amide bonds. The molecule has 0 unspecified atom stereocenters. The zero-order valence-corrected chi connectivity index (χ0v) is 13.7. The van der Waals surface area contributed by atoms with Gasteiger partial charge >= 0.3 is 0 Å². The van der Waals surface area contributed by atoms with Gasteiger partial charge in [-0.1, -0.05) is 53.7 Å². The van der Waals surface area contributed by atoms with E-state index >= 15 is 0 Å². The number of aromatic nitrogens is 2. The van der Waals surface area contributed by atoms with Crippen LogP contribution in [0.2, 0.25) is 15.2 Å². The van der Waals surface area contributed by atoms with Gasteiger partial charge in [-0.15, -0.1) is 0 Å².